The molecule has 0 aliphatic rings. The van der Waals surface area contributed by atoms with Crippen LogP contribution < -0.4 is 0 Å². The monoisotopic (exact) mass is 232 g/mol. The van der Waals surface area contributed by atoms with Crippen LogP contribution in [0.4, 0.5) is 0 Å². The van der Waals surface area contributed by atoms with E-state index in [-0.39, 0.29) is 0 Å². The number of H-pyrrole nitrogens is 1. The maximum absolute atomic E-state index is 5.04. The number of hydrogen-bond acceptors (Lipinski definition) is 3. The lowest BCUT2D eigenvalue weighted by Crippen LogP contribution is -1.93. The van der Waals surface area contributed by atoms with E-state index in [1.807, 2.05) is 31.2 Å². The Kier molecular flexibility index (Phi) is 2.96. The first kappa shape index (κ1) is 10.8. The molecule has 2 rings (SSSR count). The molecule has 0 fully saturated rings. The van der Waals surface area contributed by atoms with Crippen molar-refractivity contribution in [1.29, 1.82) is 0 Å². The number of benzene rings is 1. The largest absolute Gasteiger partial charge is 0.250 e. The summed E-state index contributed by atoms with van der Waals surface area (Å²) >= 11 is 5.04. The molecule has 1 N–H and O–H groups in total. The van der Waals surface area contributed by atoms with Crippen molar-refractivity contribution in [2.75, 3.05) is 0 Å². The molecule has 0 aliphatic carbocycles. The molecule has 0 radical (unpaired) electrons. The van der Waals surface area contributed by atoms with Gasteiger partial charge in [0.1, 0.15) is 5.82 Å². The van der Waals surface area contributed by atoms with Crippen molar-refractivity contribution in [3.8, 4) is 0 Å². The maximum Gasteiger partial charge on any atom is 0.216 e. The number of nitrogens with one attached hydrogen (secondary N) is 1. The molecule has 0 amide bonds. The summed E-state index contributed by atoms with van der Waals surface area (Å²) in [6, 6.07) is 8.11. The lowest BCUT2D eigenvalue weighted by atomic mass is 10.2. The second-order valence-electron chi connectivity index (χ2n) is 3.54. The third kappa shape index (κ3) is 2.25. The van der Waals surface area contributed by atoms with E-state index in [1.54, 1.807) is 10.9 Å². The standard InChI is InChI=1S/C11H12N4S/c1-8-3-5-10(6-4-8)7-12-15-9(2)13-14-11(15)16/h3-7H,1-2H3,(H,14,16)/b12-7-. The van der Waals surface area contributed by atoms with E-state index in [4.69, 9.17) is 12.2 Å². The quantitative estimate of drug-likeness (QED) is 0.638. The highest BCUT2D eigenvalue weighted by Crippen LogP contribution is 2.01. The molecule has 16 heavy (non-hydrogen) atoms. The summed E-state index contributed by atoms with van der Waals surface area (Å²) in [4.78, 5) is 0. The minimum Gasteiger partial charge on any atom is -0.250 e. The van der Waals surface area contributed by atoms with Gasteiger partial charge in [-0.2, -0.15) is 14.9 Å². The number of hydrogen-bond donors (Lipinski definition) is 1. The van der Waals surface area contributed by atoms with Gasteiger partial charge in [0, 0.05) is 0 Å². The second-order valence-corrected chi connectivity index (χ2v) is 3.93. The molecule has 2 aromatic rings. The van der Waals surface area contributed by atoms with Gasteiger partial charge < -0.3 is 0 Å². The maximum atomic E-state index is 5.04. The van der Waals surface area contributed by atoms with Crippen molar-refractivity contribution in [1.82, 2.24) is 14.9 Å². The van der Waals surface area contributed by atoms with Crippen molar-refractivity contribution in [3.63, 3.8) is 0 Å². The van der Waals surface area contributed by atoms with Crippen molar-refractivity contribution < 1.29 is 0 Å². The Morgan fingerprint density at radius 1 is 1.31 bits per heavy atom. The number of aromatic amines is 1. The van der Waals surface area contributed by atoms with E-state index in [1.165, 1.54) is 5.56 Å². The molecule has 1 aromatic heterocycles. The third-order valence-corrected chi connectivity index (χ3v) is 2.48. The lowest BCUT2D eigenvalue weighted by molar-refractivity contribution is 0.821. The van der Waals surface area contributed by atoms with E-state index in [9.17, 15) is 0 Å². The molecule has 0 aliphatic heterocycles. The third-order valence-electron chi connectivity index (χ3n) is 2.21. The Balaban J connectivity index is 2.28. The molecule has 1 heterocycles. The van der Waals surface area contributed by atoms with Crippen LogP contribution >= 0.6 is 12.2 Å². The zero-order chi connectivity index (χ0) is 11.5. The molecule has 4 nitrogen and oxygen atoms in total. The Labute approximate surface area is 98.6 Å². The van der Waals surface area contributed by atoms with Crippen molar-refractivity contribution in [2.45, 2.75) is 13.8 Å². The van der Waals surface area contributed by atoms with E-state index in [0.29, 0.717) is 4.77 Å². The van der Waals surface area contributed by atoms with E-state index < -0.39 is 0 Å². The molecule has 0 unspecified atom stereocenters. The van der Waals surface area contributed by atoms with Gasteiger partial charge in [0.15, 0.2) is 0 Å². The van der Waals surface area contributed by atoms with Crippen LogP contribution in [0.1, 0.15) is 17.0 Å². The summed E-state index contributed by atoms with van der Waals surface area (Å²) in [7, 11) is 0. The first-order valence-corrected chi connectivity index (χ1v) is 5.33. The van der Waals surface area contributed by atoms with Crippen LogP contribution in [0.3, 0.4) is 0 Å². The zero-order valence-electron chi connectivity index (χ0n) is 9.14. The fraction of sp³-hybridized carbons (Fsp3) is 0.182. The average molecular weight is 232 g/mol. The van der Waals surface area contributed by atoms with Crippen LogP contribution in [0.25, 0.3) is 0 Å². The Morgan fingerprint density at radius 3 is 2.56 bits per heavy atom. The highest BCUT2D eigenvalue weighted by atomic mass is 32.1. The Bertz CT molecular complexity index is 562. The van der Waals surface area contributed by atoms with Crippen LogP contribution in [0.2, 0.25) is 0 Å². The Morgan fingerprint density at radius 2 is 2.00 bits per heavy atom. The van der Waals surface area contributed by atoms with Gasteiger partial charge in [-0.05, 0) is 31.6 Å². The topological polar surface area (TPSA) is 46.0 Å². The number of rotatable bonds is 2. The zero-order valence-corrected chi connectivity index (χ0v) is 9.95. The first-order chi connectivity index (χ1) is 7.66. The lowest BCUT2D eigenvalue weighted by Gasteiger charge is -1.95. The van der Waals surface area contributed by atoms with Gasteiger partial charge in [-0.15, -0.1) is 0 Å². The predicted octanol–water partition coefficient (Wildman–Crippen LogP) is 2.44. The van der Waals surface area contributed by atoms with E-state index in [0.717, 1.165) is 11.4 Å². The van der Waals surface area contributed by atoms with Crippen LogP contribution in [0.15, 0.2) is 29.4 Å². The fourth-order valence-electron chi connectivity index (χ4n) is 1.28. The highest BCUT2D eigenvalue weighted by molar-refractivity contribution is 7.71. The van der Waals surface area contributed by atoms with Gasteiger partial charge in [0.2, 0.25) is 4.77 Å². The van der Waals surface area contributed by atoms with Crippen LogP contribution in [-0.4, -0.2) is 21.1 Å². The van der Waals surface area contributed by atoms with Crippen molar-refractivity contribution >= 4 is 18.4 Å². The molecule has 5 heteroatoms. The van der Waals surface area contributed by atoms with Gasteiger partial charge in [0.25, 0.3) is 0 Å². The summed E-state index contributed by atoms with van der Waals surface area (Å²) in [5, 5.41) is 10.9. The molecular formula is C11H12N4S. The summed E-state index contributed by atoms with van der Waals surface area (Å²) in [5.41, 5.74) is 2.27. The summed E-state index contributed by atoms with van der Waals surface area (Å²) in [6.07, 6.45) is 1.76. The molecule has 82 valence electrons. The molecule has 0 atom stereocenters. The summed E-state index contributed by atoms with van der Waals surface area (Å²) in [5.74, 6) is 0.744. The molecule has 0 bridgehead atoms. The summed E-state index contributed by atoms with van der Waals surface area (Å²) in [6.45, 7) is 3.90. The minimum absolute atomic E-state index is 0.501. The van der Waals surface area contributed by atoms with E-state index >= 15 is 0 Å². The van der Waals surface area contributed by atoms with Gasteiger partial charge in [0.05, 0.1) is 6.21 Å². The second kappa shape index (κ2) is 4.40. The van der Waals surface area contributed by atoms with Crippen molar-refractivity contribution in [2.24, 2.45) is 5.10 Å². The SMILES string of the molecule is Cc1ccc(/C=N\n2c(C)n[nH]c2=S)cc1. The number of aryl methyl sites for hydroxylation is 2. The normalized spacial score (nSPS) is 11.1. The van der Waals surface area contributed by atoms with E-state index in [2.05, 4.69) is 22.2 Å². The van der Waals surface area contributed by atoms with Crippen LogP contribution in [0.5, 0.6) is 0 Å². The highest BCUT2D eigenvalue weighted by Gasteiger charge is 1.96. The van der Waals surface area contributed by atoms with Crippen molar-refractivity contribution in [3.05, 3.63) is 46.0 Å². The Hall–Kier alpha value is -1.75. The smallest absolute Gasteiger partial charge is 0.216 e. The van der Waals surface area contributed by atoms with Gasteiger partial charge >= 0.3 is 0 Å². The van der Waals surface area contributed by atoms with Gasteiger partial charge in [-0.25, -0.2) is 0 Å². The van der Waals surface area contributed by atoms with Gasteiger partial charge in [-0.1, -0.05) is 29.8 Å². The predicted molar refractivity (Wildman–Crippen MR) is 66.3 cm³/mol. The molecule has 0 spiro atoms. The fourth-order valence-corrected chi connectivity index (χ4v) is 1.51. The average Bonchev–Trinajstić information content (AvgIpc) is 2.59. The van der Waals surface area contributed by atoms with Crippen LogP contribution in [-0.2, 0) is 0 Å². The molecule has 0 saturated heterocycles. The molecule has 1 aromatic carbocycles. The minimum atomic E-state index is 0.501. The first-order valence-electron chi connectivity index (χ1n) is 4.92. The molecular weight excluding hydrogens is 220 g/mol. The van der Waals surface area contributed by atoms with Crippen LogP contribution in [0, 0.1) is 18.6 Å². The molecule has 0 saturated carbocycles. The van der Waals surface area contributed by atoms with Gasteiger partial charge in [-0.3, -0.25) is 5.10 Å². The summed E-state index contributed by atoms with van der Waals surface area (Å²) < 4.78 is 2.09. The number of aromatic nitrogens is 3. The number of nitrogens with zero attached hydrogens (tertiary/aromatic N) is 3.